The number of benzene rings is 2. The van der Waals surface area contributed by atoms with Gasteiger partial charge < -0.3 is 13.8 Å². The smallest absolute Gasteiger partial charge is 0.343 e. The Morgan fingerprint density at radius 3 is 2.61 bits per heavy atom. The zero-order valence-corrected chi connectivity index (χ0v) is 16.2. The van der Waals surface area contributed by atoms with Gasteiger partial charge in [0.2, 0.25) is 0 Å². The predicted octanol–water partition coefficient (Wildman–Crippen LogP) is 3.94. The molecule has 0 unspecified atom stereocenters. The SMILES string of the molecule is COc1ccc(CCCN2c3ccccc3OS(=O)(=O)c3cccnc32)cc1. The van der Waals surface area contributed by atoms with Crippen molar-refractivity contribution in [2.75, 3.05) is 18.6 Å². The van der Waals surface area contributed by atoms with Gasteiger partial charge in [0.15, 0.2) is 11.6 Å². The quantitative estimate of drug-likeness (QED) is 0.609. The molecule has 0 bridgehead atoms. The van der Waals surface area contributed by atoms with Crippen molar-refractivity contribution in [2.24, 2.45) is 0 Å². The molecule has 1 aliphatic rings. The topological polar surface area (TPSA) is 68.7 Å². The van der Waals surface area contributed by atoms with Crippen molar-refractivity contribution >= 4 is 21.6 Å². The maximum absolute atomic E-state index is 12.7. The molecule has 2 aromatic carbocycles. The van der Waals surface area contributed by atoms with Gasteiger partial charge in [0.05, 0.1) is 12.8 Å². The lowest BCUT2D eigenvalue weighted by Crippen LogP contribution is -2.21. The molecular weight excluding hydrogens is 376 g/mol. The molecule has 0 radical (unpaired) electrons. The van der Waals surface area contributed by atoms with Crippen LogP contribution in [-0.2, 0) is 16.5 Å². The van der Waals surface area contributed by atoms with E-state index in [1.54, 1.807) is 31.5 Å². The summed E-state index contributed by atoms with van der Waals surface area (Å²) in [4.78, 5) is 6.35. The van der Waals surface area contributed by atoms with E-state index in [9.17, 15) is 8.42 Å². The molecule has 4 rings (SSSR count). The Morgan fingerprint density at radius 2 is 1.82 bits per heavy atom. The number of fused-ring (bicyclic) bond motifs is 2. The minimum absolute atomic E-state index is 0.0793. The number of nitrogens with zero attached hydrogens (tertiary/aromatic N) is 2. The first-order valence-electron chi connectivity index (χ1n) is 8.97. The first-order chi connectivity index (χ1) is 13.6. The normalized spacial score (nSPS) is 14.4. The molecular formula is C21H20N2O4S. The Bertz CT molecular complexity index is 1080. The maximum Gasteiger partial charge on any atom is 0.343 e. The summed E-state index contributed by atoms with van der Waals surface area (Å²) in [5.74, 6) is 1.53. The number of hydrogen-bond acceptors (Lipinski definition) is 6. The standard InChI is InChI=1S/C21H20N2O4S/c1-26-17-12-10-16(11-13-17)6-5-15-23-18-7-2-3-8-19(18)27-28(24,25)20-9-4-14-22-21(20)23/h2-4,7-14H,5-6,15H2,1H3. The summed E-state index contributed by atoms with van der Waals surface area (Å²) in [6, 6.07) is 18.2. The fourth-order valence-electron chi connectivity index (χ4n) is 3.27. The van der Waals surface area contributed by atoms with Gasteiger partial charge in [0.1, 0.15) is 10.6 Å². The Hall–Kier alpha value is -3.06. The van der Waals surface area contributed by atoms with Crippen molar-refractivity contribution in [1.29, 1.82) is 0 Å². The maximum atomic E-state index is 12.7. The molecule has 0 atom stereocenters. The van der Waals surface area contributed by atoms with Crippen molar-refractivity contribution in [3.05, 3.63) is 72.4 Å². The molecule has 0 saturated carbocycles. The van der Waals surface area contributed by atoms with E-state index in [-0.39, 0.29) is 4.90 Å². The molecule has 1 aromatic heterocycles. The Labute approximate surface area is 164 Å². The molecule has 0 N–H and O–H groups in total. The highest BCUT2D eigenvalue weighted by molar-refractivity contribution is 7.87. The van der Waals surface area contributed by atoms with Gasteiger partial charge in [-0.3, -0.25) is 0 Å². The lowest BCUT2D eigenvalue weighted by atomic mass is 10.1. The van der Waals surface area contributed by atoms with Crippen molar-refractivity contribution in [3.8, 4) is 11.5 Å². The van der Waals surface area contributed by atoms with Gasteiger partial charge in [-0.05, 0) is 54.8 Å². The third kappa shape index (κ3) is 3.53. The van der Waals surface area contributed by atoms with Gasteiger partial charge in [-0.1, -0.05) is 24.3 Å². The highest BCUT2D eigenvalue weighted by atomic mass is 32.2. The van der Waals surface area contributed by atoms with E-state index in [0.29, 0.717) is 23.8 Å². The molecule has 6 nitrogen and oxygen atoms in total. The van der Waals surface area contributed by atoms with Gasteiger partial charge in [-0.15, -0.1) is 0 Å². The van der Waals surface area contributed by atoms with Crippen LogP contribution in [0.5, 0.6) is 11.5 Å². The Balaban J connectivity index is 1.63. The van der Waals surface area contributed by atoms with Crippen LogP contribution in [0.15, 0.2) is 71.8 Å². The van der Waals surface area contributed by atoms with Crippen LogP contribution in [0.1, 0.15) is 12.0 Å². The van der Waals surface area contributed by atoms with E-state index >= 15 is 0 Å². The van der Waals surface area contributed by atoms with Crippen LogP contribution in [0.2, 0.25) is 0 Å². The average Bonchev–Trinajstić information content (AvgIpc) is 2.81. The summed E-state index contributed by atoms with van der Waals surface area (Å²) in [5.41, 5.74) is 1.88. The fraction of sp³-hybridized carbons (Fsp3) is 0.190. The van der Waals surface area contributed by atoms with Gasteiger partial charge in [-0.2, -0.15) is 8.42 Å². The monoisotopic (exact) mass is 396 g/mol. The van der Waals surface area contributed by atoms with E-state index in [0.717, 1.165) is 18.6 Å². The van der Waals surface area contributed by atoms with Gasteiger partial charge in [-0.25, -0.2) is 4.98 Å². The van der Waals surface area contributed by atoms with Gasteiger partial charge in [0.25, 0.3) is 0 Å². The first kappa shape index (κ1) is 18.3. The van der Waals surface area contributed by atoms with Crippen molar-refractivity contribution in [2.45, 2.75) is 17.7 Å². The summed E-state index contributed by atoms with van der Waals surface area (Å²) < 4.78 is 35.9. The van der Waals surface area contributed by atoms with Crippen LogP contribution < -0.4 is 13.8 Å². The molecule has 1 aliphatic heterocycles. The molecule has 0 spiro atoms. The minimum atomic E-state index is -3.93. The summed E-state index contributed by atoms with van der Waals surface area (Å²) in [6.45, 7) is 0.603. The number of rotatable bonds is 5. The number of aromatic nitrogens is 1. The van der Waals surface area contributed by atoms with E-state index in [4.69, 9.17) is 8.92 Å². The zero-order chi connectivity index (χ0) is 19.6. The predicted molar refractivity (Wildman–Crippen MR) is 107 cm³/mol. The molecule has 144 valence electrons. The van der Waals surface area contributed by atoms with Crippen molar-refractivity contribution in [3.63, 3.8) is 0 Å². The van der Waals surface area contributed by atoms with E-state index in [2.05, 4.69) is 4.98 Å². The summed E-state index contributed by atoms with van der Waals surface area (Å²) in [7, 11) is -2.28. The molecule has 0 fully saturated rings. The number of aryl methyl sites for hydroxylation is 1. The molecule has 0 aliphatic carbocycles. The number of pyridine rings is 1. The Morgan fingerprint density at radius 1 is 1.04 bits per heavy atom. The zero-order valence-electron chi connectivity index (χ0n) is 15.4. The van der Waals surface area contributed by atoms with E-state index in [1.165, 1.54) is 11.6 Å². The first-order valence-corrected chi connectivity index (χ1v) is 10.4. The van der Waals surface area contributed by atoms with Crippen molar-refractivity contribution in [1.82, 2.24) is 4.98 Å². The summed E-state index contributed by atoms with van der Waals surface area (Å²) >= 11 is 0. The number of ether oxygens (including phenoxy) is 1. The van der Waals surface area contributed by atoms with E-state index in [1.807, 2.05) is 41.3 Å². The van der Waals surface area contributed by atoms with Gasteiger partial charge >= 0.3 is 10.1 Å². The largest absolute Gasteiger partial charge is 0.497 e. The van der Waals surface area contributed by atoms with Gasteiger partial charge in [0, 0.05) is 12.7 Å². The molecule has 0 saturated heterocycles. The summed E-state index contributed by atoms with van der Waals surface area (Å²) in [5, 5.41) is 0. The number of anilines is 2. The average molecular weight is 396 g/mol. The van der Waals surface area contributed by atoms with Crippen LogP contribution in [-0.4, -0.2) is 27.1 Å². The Kier molecular flexibility index (Phi) is 4.92. The molecule has 3 aromatic rings. The lowest BCUT2D eigenvalue weighted by Gasteiger charge is -2.23. The number of methoxy groups -OCH3 is 1. The fourth-order valence-corrected chi connectivity index (χ4v) is 4.37. The molecule has 7 heteroatoms. The molecule has 2 heterocycles. The van der Waals surface area contributed by atoms with Crippen LogP contribution in [0.4, 0.5) is 11.5 Å². The second-order valence-corrected chi connectivity index (χ2v) is 7.95. The van der Waals surface area contributed by atoms with Crippen LogP contribution in [0.3, 0.4) is 0 Å². The summed E-state index contributed by atoms with van der Waals surface area (Å²) in [6.07, 6.45) is 3.26. The lowest BCUT2D eigenvalue weighted by molar-refractivity contribution is 0.414. The third-order valence-corrected chi connectivity index (χ3v) is 5.89. The highest BCUT2D eigenvalue weighted by Gasteiger charge is 2.31. The third-order valence-electron chi connectivity index (χ3n) is 4.64. The van der Waals surface area contributed by atoms with Crippen LogP contribution in [0.25, 0.3) is 0 Å². The van der Waals surface area contributed by atoms with Crippen LogP contribution in [0, 0.1) is 0 Å². The van der Waals surface area contributed by atoms with Crippen molar-refractivity contribution < 1.29 is 17.3 Å². The second kappa shape index (κ2) is 7.52. The number of para-hydroxylation sites is 2. The molecule has 0 amide bonds. The number of hydrogen-bond donors (Lipinski definition) is 0. The minimum Gasteiger partial charge on any atom is -0.497 e. The highest BCUT2D eigenvalue weighted by Crippen LogP contribution is 2.40. The molecule has 28 heavy (non-hydrogen) atoms. The second-order valence-electron chi connectivity index (χ2n) is 6.43. The van der Waals surface area contributed by atoms with E-state index < -0.39 is 10.1 Å². The van der Waals surface area contributed by atoms with Crippen LogP contribution >= 0.6 is 0 Å².